The zero-order valence-corrected chi connectivity index (χ0v) is 15.8. The van der Waals surface area contributed by atoms with Gasteiger partial charge in [-0.25, -0.2) is 4.79 Å². The van der Waals surface area contributed by atoms with Crippen LogP contribution >= 0.6 is 11.6 Å². The second-order valence-electron chi connectivity index (χ2n) is 6.15. The van der Waals surface area contributed by atoms with E-state index in [2.05, 4.69) is 19.2 Å². The van der Waals surface area contributed by atoms with Crippen molar-refractivity contribution < 1.29 is 19.1 Å². The number of carbonyl (C=O) groups is 2. The molecule has 0 spiro atoms. The maximum atomic E-state index is 12.1. The molecule has 0 saturated carbocycles. The zero-order valence-electron chi connectivity index (χ0n) is 15.0. The van der Waals surface area contributed by atoms with E-state index in [1.54, 1.807) is 24.3 Å². The molecule has 6 heteroatoms. The third kappa shape index (κ3) is 5.77. The quantitative estimate of drug-likeness (QED) is 0.731. The average molecular weight is 376 g/mol. The fraction of sp³-hybridized carbons (Fsp3) is 0.300. The van der Waals surface area contributed by atoms with Gasteiger partial charge in [-0.1, -0.05) is 43.6 Å². The monoisotopic (exact) mass is 375 g/mol. The molecule has 2 aromatic carbocycles. The Balaban J connectivity index is 1.83. The number of amides is 1. The first-order chi connectivity index (χ1) is 12.4. The summed E-state index contributed by atoms with van der Waals surface area (Å²) < 4.78 is 10.2. The molecule has 0 aliphatic carbocycles. The van der Waals surface area contributed by atoms with E-state index in [0.717, 1.165) is 16.8 Å². The molecule has 0 aromatic heterocycles. The third-order valence-corrected chi connectivity index (χ3v) is 3.98. The first-order valence-corrected chi connectivity index (χ1v) is 8.68. The van der Waals surface area contributed by atoms with Crippen LogP contribution in [0, 0.1) is 6.92 Å². The number of esters is 1. The number of carbonyl (C=O) groups excluding carboxylic acids is 2. The highest BCUT2D eigenvalue weighted by atomic mass is 35.5. The standard InChI is InChI=1S/C20H22ClNO4/c1-13(2)17-6-4-5-14(3)20(17)22-18(23)11-26-19(24)12-25-16-9-7-15(21)8-10-16/h4-10,13H,11-12H2,1-3H3,(H,22,23). The highest BCUT2D eigenvalue weighted by Crippen LogP contribution is 2.27. The van der Waals surface area contributed by atoms with Crippen molar-refractivity contribution in [3.8, 4) is 5.75 Å². The van der Waals surface area contributed by atoms with Crippen molar-refractivity contribution in [1.82, 2.24) is 0 Å². The van der Waals surface area contributed by atoms with Crippen molar-refractivity contribution in [3.05, 3.63) is 58.6 Å². The Hall–Kier alpha value is -2.53. The van der Waals surface area contributed by atoms with E-state index in [4.69, 9.17) is 21.1 Å². The van der Waals surface area contributed by atoms with Gasteiger partial charge in [-0.2, -0.15) is 0 Å². The smallest absolute Gasteiger partial charge is 0.344 e. The van der Waals surface area contributed by atoms with Crippen LogP contribution in [0.5, 0.6) is 5.75 Å². The number of halogens is 1. The fourth-order valence-electron chi connectivity index (χ4n) is 2.38. The number of hydrogen-bond donors (Lipinski definition) is 1. The third-order valence-electron chi connectivity index (χ3n) is 3.73. The molecule has 1 N–H and O–H groups in total. The molecular weight excluding hydrogens is 354 g/mol. The maximum Gasteiger partial charge on any atom is 0.344 e. The van der Waals surface area contributed by atoms with Crippen LogP contribution in [0.1, 0.15) is 30.9 Å². The molecule has 0 aliphatic heterocycles. The molecule has 0 heterocycles. The summed E-state index contributed by atoms with van der Waals surface area (Å²) in [6.07, 6.45) is 0. The first-order valence-electron chi connectivity index (χ1n) is 8.30. The average Bonchev–Trinajstić information content (AvgIpc) is 2.61. The van der Waals surface area contributed by atoms with Crippen molar-refractivity contribution in [1.29, 1.82) is 0 Å². The zero-order chi connectivity index (χ0) is 19.1. The fourth-order valence-corrected chi connectivity index (χ4v) is 2.50. The Kier molecular flexibility index (Phi) is 7.04. The van der Waals surface area contributed by atoms with E-state index >= 15 is 0 Å². The number of aryl methyl sites for hydroxylation is 1. The van der Waals surface area contributed by atoms with Crippen molar-refractivity contribution in [3.63, 3.8) is 0 Å². The van der Waals surface area contributed by atoms with Crippen LogP contribution < -0.4 is 10.1 Å². The first kappa shape index (κ1) is 19.8. The van der Waals surface area contributed by atoms with Gasteiger partial charge in [0.2, 0.25) is 0 Å². The predicted molar refractivity (Wildman–Crippen MR) is 102 cm³/mol. The van der Waals surface area contributed by atoms with Crippen molar-refractivity contribution in [2.45, 2.75) is 26.7 Å². The summed E-state index contributed by atoms with van der Waals surface area (Å²) in [5.74, 6) is -0.247. The lowest BCUT2D eigenvalue weighted by atomic mass is 9.98. The van der Waals surface area contributed by atoms with Gasteiger partial charge >= 0.3 is 5.97 Å². The minimum atomic E-state index is -0.621. The molecule has 0 fully saturated rings. The Morgan fingerprint density at radius 3 is 2.42 bits per heavy atom. The second-order valence-corrected chi connectivity index (χ2v) is 6.58. The van der Waals surface area contributed by atoms with Crippen molar-refractivity contribution in [2.75, 3.05) is 18.5 Å². The van der Waals surface area contributed by atoms with E-state index in [1.165, 1.54) is 0 Å². The van der Waals surface area contributed by atoms with Crippen LogP contribution in [0.4, 0.5) is 5.69 Å². The topological polar surface area (TPSA) is 64.6 Å². The van der Waals surface area contributed by atoms with Gasteiger partial charge in [-0.3, -0.25) is 4.79 Å². The van der Waals surface area contributed by atoms with Gasteiger partial charge in [-0.15, -0.1) is 0 Å². The van der Waals surface area contributed by atoms with Crippen molar-refractivity contribution >= 4 is 29.2 Å². The molecule has 1 amide bonds. The molecular formula is C20H22ClNO4. The van der Waals surface area contributed by atoms with Crippen molar-refractivity contribution in [2.24, 2.45) is 0 Å². The molecule has 2 rings (SSSR count). The summed E-state index contributed by atoms with van der Waals surface area (Å²) >= 11 is 5.78. The number of ether oxygens (including phenoxy) is 2. The normalized spacial score (nSPS) is 10.5. The number of rotatable bonds is 7. The van der Waals surface area contributed by atoms with Crippen LogP contribution in [-0.2, 0) is 14.3 Å². The Morgan fingerprint density at radius 2 is 1.77 bits per heavy atom. The minimum absolute atomic E-state index is 0.264. The lowest BCUT2D eigenvalue weighted by Gasteiger charge is -2.16. The van der Waals surface area contributed by atoms with E-state index < -0.39 is 5.97 Å². The number of anilines is 1. The van der Waals surface area contributed by atoms with E-state index in [1.807, 2.05) is 25.1 Å². The van der Waals surface area contributed by atoms with Gasteiger partial charge in [0.1, 0.15) is 5.75 Å². The molecule has 0 aliphatic rings. The highest BCUT2D eigenvalue weighted by Gasteiger charge is 2.14. The molecule has 26 heavy (non-hydrogen) atoms. The van der Waals surface area contributed by atoms with Gasteiger partial charge in [0, 0.05) is 10.7 Å². The molecule has 0 radical (unpaired) electrons. The highest BCUT2D eigenvalue weighted by molar-refractivity contribution is 6.30. The number of nitrogens with one attached hydrogen (secondary N) is 1. The molecule has 2 aromatic rings. The SMILES string of the molecule is Cc1cccc(C(C)C)c1NC(=O)COC(=O)COc1ccc(Cl)cc1. The second kappa shape index (κ2) is 9.25. The van der Waals surface area contributed by atoms with E-state index in [0.29, 0.717) is 10.8 Å². The number of hydrogen-bond acceptors (Lipinski definition) is 4. The minimum Gasteiger partial charge on any atom is -0.482 e. The Morgan fingerprint density at radius 1 is 1.08 bits per heavy atom. The summed E-state index contributed by atoms with van der Waals surface area (Å²) in [6.45, 7) is 5.38. The van der Waals surface area contributed by atoms with Gasteiger partial charge in [-0.05, 0) is 48.2 Å². The van der Waals surface area contributed by atoms with Crippen LogP contribution in [0.3, 0.4) is 0 Å². The van der Waals surface area contributed by atoms with Gasteiger partial charge in [0.25, 0.3) is 5.91 Å². The summed E-state index contributed by atoms with van der Waals surface area (Å²) in [4.78, 5) is 23.8. The van der Waals surface area contributed by atoms with E-state index in [-0.39, 0.29) is 25.0 Å². The summed E-state index contributed by atoms with van der Waals surface area (Å²) in [6, 6.07) is 12.5. The molecule has 5 nitrogen and oxygen atoms in total. The number of benzene rings is 2. The lowest BCUT2D eigenvalue weighted by Crippen LogP contribution is -2.24. The van der Waals surface area contributed by atoms with Crippen LogP contribution in [0.15, 0.2) is 42.5 Å². The van der Waals surface area contributed by atoms with Gasteiger partial charge in [0.05, 0.1) is 0 Å². The summed E-state index contributed by atoms with van der Waals surface area (Å²) in [7, 11) is 0. The summed E-state index contributed by atoms with van der Waals surface area (Å²) in [5.41, 5.74) is 2.76. The molecule has 0 saturated heterocycles. The maximum absolute atomic E-state index is 12.1. The van der Waals surface area contributed by atoms with E-state index in [9.17, 15) is 9.59 Å². The molecule has 0 atom stereocenters. The van der Waals surface area contributed by atoms with Gasteiger partial charge < -0.3 is 14.8 Å². The van der Waals surface area contributed by atoms with Crippen LogP contribution in [-0.4, -0.2) is 25.1 Å². The Labute approximate surface area is 158 Å². The molecule has 138 valence electrons. The van der Waals surface area contributed by atoms with Crippen LogP contribution in [0.25, 0.3) is 0 Å². The molecule has 0 unspecified atom stereocenters. The lowest BCUT2D eigenvalue weighted by molar-refractivity contribution is -0.149. The van der Waals surface area contributed by atoms with Crippen LogP contribution in [0.2, 0.25) is 5.02 Å². The van der Waals surface area contributed by atoms with Gasteiger partial charge in [0.15, 0.2) is 13.2 Å². The Bertz CT molecular complexity index is 772. The predicted octanol–water partition coefficient (Wildman–Crippen LogP) is 4.33. The molecule has 0 bridgehead atoms. The largest absolute Gasteiger partial charge is 0.482 e. The summed E-state index contributed by atoms with van der Waals surface area (Å²) in [5, 5.41) is 3.40. The number of para-hydroxylation sites is 1.